The van der Waals surface area contributed by atoms with E-state index in [2.05, 4.69) is 90.7 Å². The van der Waals surface area contributed by atoms with Crippen LogP contribution in [0.15, 0.2) is 40.9 Å². The molecular weight excluding hydrogens is 556 g/mol. The monoisotopic (exact) mass is 594 g/mol. The molecule has 0 heterocycles. The van der Waals surface area contributed by atoms with Crippen molar-refractivity contribution in [3.63, 3.8) is 0 Å². The van der Waals surface area contributed by atoms with Crippen LogP contribution in [0.25, 0.3) is 22.3 Å². The Kier molecular flexibility index (Phi) is 9.29. The number of hydrogen-bond acceptors (Lipinski definition) is 4. The molecule has 2 N–H and O–H groups in total. The van der Waals surface area contributed by atoms with Gasteiger partial charge in [0.2, 0.25) is 0 Å². The van der Waals surface area contributed by atoms with Crippen molar-refractivity contribution in [2.24, 2.45) is 0 Å². The third-order valence-electron chi connectivity index (χ3n) is 6.93. The van der Waals surface area contributed by atoms with Gasteiger partial charge in [-0.1, -0.05) is 36.4 Å². The second-order valence-electron chi connectivity index (χ2n) is 10.9. The van der Waals surface area contributed by atoms with Gasteiger partial charge in [0.15, 0.2) is 6.10 Å². The molecule has 1 unspecified atom stereocenters. The number of hydrogen-bond donors (Lipinski definition) is 2. The van der Waals surface area contributed by atoms with Crippen LogP contribution in [-0.2, 0) is 14.3 Å². The highest BCUT2D eigenvalue weighted by molar-refractivity contribution is 9.10. The number of carbonyl (C=O) groups is 2. The lowest BCUT2D eigenvalue weighted by molar-refractivity contribution is -0.164. The average Bonchev–Trinajstić information content (AvgIpc) is 2.87. The number of rotatable bonds is 6. The van der Waals surface area contributed by atoms with Crippen LogP contribution in [0.1, 0.15) is 60.3 Å². The smallest absolute Gasteiger partial charge is 0.339 e. The van der Waals surface area contributed by atoms with Gasteiger partial charge < -0.3 is 20.1 Å². The Hall–Kier alpha value is -3.16. The summed E-state index contributed by atoms with van der Waals surface area (Å²) < 4.78 is 12.2. The highest BCUT2D eigenvalue weighted by Gasteiger charge is 2.35. The van der Waals surface area contributed by atoms with Gasteiger partial charge in [-0.3, -0.25) is 0 Å². The highest BCUT2D eigenvalue weighted by Crippen LogP contribution is 2.49. The Morgan fingerprint density at radius 1 is 0.846 bits per heavy atom. The fraction of sp³-hybridized carbons (Fsp3) is 0.375. The Balaban J connectivity index is 2.57. The zero-order chi connectivity index (χ0) is 29.2. The van der Waals surface area contributed by atoms with E-state index in [0.29, 0.717) is 15.7 Å². The van der Waals surface area contributed by atoms with Crippen molar-refractivity contribution in [2.75, 3.05) is 19.5 Å². The van der Waals surface area contributed by atoms with Gasteiger partial charge >= 0.3 is 12.0 Å². The number of carbonyl (C=O) groups excluding carboxylic acids is 2. The van der Waals surface area contributed by atoms with E-state index in [1.807, 2.05) is 27.7 Å². The van der Waals surface area contributed by atoms with Crippen molar-refractivity contribution in [1.82, 2.24) is 5.32 Å². The summed E-state index contributed by atoms with van der Waals surface area (Å²) in [6.45, 7) is 16.0. The first kappa shape index (κ1) is 30.4. The molecule has 208 valence electrons. The van der Waals surface area contributed by atoms with Gasteiger partial charge in [0.1, 0.15) is 0 Å². The zero-order valence-electron chi connectivity index (χ0n) is 24.6. The van der Waals surface area contributed by atoms with Crippen LogP contribution in [0.5, 0.6) is 0 Å². The highest BCUT2D eigenvalue weighted by atomic mass is 79.9. The van der Waals surface area contributed by atoms with E-state index in [1.165, 1.54) is 18.2 Å². The van der Waals surface area contributed by atoms with Crippen molar-refractivity contribution in [2.45, 2.75) is 67.1 Å². The average molecular weight is 596 g/mol. The van der Waals surface area contributed by atoms with Crippen LogP contribution in [0.4, 0.5) is 10.5 Å². The van der Waals surface area contributed by atoms with E-state index in [1.54, 1.807) is 7.05 Å². The third-order valence-corrected chi connectivity index (χ3v) is 7.75. The molecule has 0 aromatic heterocycles. The minimum atomic E-state index is -1.06. The quantitative estimate of drug-likeness (QED) is 0.282. The normalized spacial score (nSPS) is 12.2. The molecule has 0 radical (unpaired) electrons. The largest absolute Gasteiger partial charge is 0.467 e. The van der Waals surface area contributed by atoms with Crippen LogP contribution < -0.4 is 10.6 Å². The Morgan fingerprint density at radius 3 is 1.79 bits per heavy atom. The molecule has 0 spiro atoms. The summed E-state index contributed by atoms with van der Waals surface area (Å²) in [7, 11) is 2.92. The van der Waals surface area contributed by atoms with Crippen LogP contribution in [0.2, 0.25) is 0 Å². The molecule has 2 amide bonds. The molecule has 7 heteroatoms. The number of methoxy groups -OCH3 is 1. The number of anilines is 1. The summed E-state index contributed by atoms with van der Waals surface area (Å²) in [5.41, 5.74) is 9.57. The van der Waals surface area contributed by atoms with Gasteiger partial charge in [-0.15, -0.1) is 0 Å². The van der Waals surface area contributed by atoms with Crippen molar-refractivity contribution in [1.29, 1.82) is 0 Å². The number of benzene rings is 3. The number of ether oxygens (including phenoxy) is 2. The van der Waals surface area contributed by atoms with Crippen molar-refractivity contribution < 1.29 is 19.1 Å². The number of amides is 2. The summed E-state index contributed by atoms with van der Waals surface area (Å²) in [5, 5.41) is 5.66. The van der Waals surface area contributed by atoms with E-state index < -0.39 is 17.7 Å². The predicted octanol–water partition coefficient (Wildman–Crippen LogP) is 8.11. The van der Waals surface area contributed by atoms with Crippen molar-refractivity contribution in [3.05, 3.63) is 74.3 Å². The molecule has 0 fully saturated rings. The van der Waals surface area contributed by atoms with Gasteiger partial charge in [-0.2, -0.15) is 0 Å². The maximum atomic E-state index is 13.3. The summed E-state index contributed by atoms with van der Waals surface area (Å²) in [6.07, 6.45) is -1.06. The molecule has 6 nitrogen and oxygen atoms in total. The topological polar surface area (TPSA) is 76.7 Å². The molecule has 0 saturated heterocycles. The maximum absolute atomic E-state index is 13.3. The van der Waals surface area contributed by atoms with Crippen LogP contribution in [-0.4, -0.2) is 31.8 Å². The second kappa shape index (κ2) is 11.9. The Bertz CT molecular complexity index is 1420. The first-order valence-electron chi connectivity index (χ1n) is 13.0. The van der Waals surface area contributed by atoms with Gasteiger partial charge in [-0.25, -0.2) is 9.59 Å². The Morgan fingerprint density at radius 2 is 1.36 bits per heavy atom. The minimum absolute atomic E-state index is 0.378. The summed E-state index contributed by atoms with van der Waals surface area (Å²) in [6, 6.07) is 12.1. The van der Waals surface area contributed by atoms with Gasteiger partial charge in [0.05, 0.1) is 18.4 Å². The van der Waals surface area contributed by atoms with Gasteiger partial charge in [0.25, 0.3) is 0 Å². The van der Waals surface area contributed by atoms with E-state index in [9.17, 15) is 9.59 Å². The number of nitrogens with one attached hydrogen (secondary N) is 2. The lowest BCUT2D eigenvalue weighted by Gasteiger charge is -2.31. The van der Waals surface area contributed by atoms with E-state index in [-0.39, 0.29) is 6.03 Å². The molecule has 3 rings (SSSR count). The lowest BCUT2D eigenvalue weighted by atomic mass is 9.84. The molecule has 0 aliphatic rings. The van der Waals surface area contributed by atoms with Crippen molar-refractivity contribution in [3.8, 4) is 22.3 Å². The molecule has 39 heavy (non-hydrogen) atoms. The van der Waals surface area contributed by atoms with E-state index in [0.717, 1.165) is 38.9 Å². The van der Waals surface area contributed by atoms with Gasteiger partial charge in [-0.05, 0) is 116 Å². The van der Waals surface area contributed by atoms with Gasteiger partial charge in [0, 0.05) is 22.6 Å². The number of urea groups is 1. The second-order valence-corrected chi connectivity index (χ2v) is 11.7. The molecule has 0 saturated carbocycles. The van der Waals surface area contributed by atoms with Crippen LogP contribution in [0.3, 0.4) is 0 Å². The molecule has 3 aromatic rings. The summed E-state index contributed by atoms with van der Waals surface area (Å²) in [4.78, 5) is 26.0. The fourth-order valence-electron chi connectivity index (χ4n) is 4.62. The van der Waals surface area contributed by atoms with E-state index in [4.69, 9.17) is 9.47 Å². The number of halogens is 1. The summed E-state index contributed by atoms with van der Waals surface area (Å²) in [5.74, 6) is -0.528. The fourth-order valence-corrected chi connectivity index (χ4v) is 5.32. The number of esters is 1. The SMILES string of the molecule is CNC(=O)Nc1c(Br)c(C(OC(C)(C)C)C(=O)OC)c(-c2ccc(C)c(C)c2)c(C)c1-c1ccc(C)c(C)c1. The Labute approximate surface area is 240 Å². The zero-order valence-corrected chi connectivity index (χ0v) is 26.1. The first-order valence-corrected chi connectivity index (χ1v) is 13.7. The number of aryl methyl sites for hydroxylation is 4. The van der Waals surface area contributed by atoms with Crippen molar-refractivity contribution >= 4 is 33.6 Å². The van der Waals surface area contributed by atoms with E-state index >= 15 is 0 Å². The van der Waals surface area contributed by atoms with Crippen LogP contribution >= 0.6 is 15.9 Å². The molecule has 1 atom stereocenters. The van der Waals surface area contributed by atoms with Crippen LogP contribution in [0, 0.1) is 34.6 Å². The standard InChI is InChI=1S/C32H39BrN2O4/c1-17-11-13-22(15-19(17)3)24-21(5)25(23-14-12-18(2)20(4)16-23)28(35-31(37)34-9)27(33)26(24)29(30(36)38-10)39-32(6,7)8/h11-16,29H,1-10H3,(H2,34,35,37). The molecule has 0 bridgehead atoms. The summed E-state index contributed by atoms with van der Waals surface area (Å²) >= 11 is 3.81. The lowest BCUT2D eigenvalue weighted by Crippen LogP contribution is -2.30. The molecular formula is C32H39BrN2O4. The maximum Gasteiger partial charge on any atom is 0.339 e. The molecule has 3 aromatic carbocycles. The minimum Gasteiger partial charge on any atom is -0.467 e. The predicted molar refractivity (Wildman–Crippen MR) is 162 cm³/mol. The molecule has 0 aliphatic heterocycles. The first-order chi connectivity index (χ1) is 18.2. The molecule has 0 aliphatic carbocycles. The third kappa shape index (κ3) is 6.53.